The highest BCUT2D eigenvalue weighted by molar-refractivity contribution is 5.93. The van der Waals surface area contributed by atoms with E-state index in [9.17, 15) is 4.79 Å². The monoisotopic (exact) mass is 347 g/mol. The maximum Gasteiger partial charge on any atom is 0.250 e. The molecular weight excluding hydrogens is 326 g/mol. The van der Waals surface area contributed by atoms with E-state index in [1.54, 1.807) is 6.07 Å². The zero-order valence-electron chi connectivity index (χ0n) is 14.6. The third-order valence-electron chi connectivity index (χ3n) is 3.72. The molecule has 0 aliphatic carbocycles. The Balaban J connectivity index is 1.58. The summed E-state index contributed by atoms with van der Waals surface area (Å²) in [5.74, 6) is 1.10. The third-order valence-corrected chi connectivity index (χ3v) is 3.72. The van der Waals surface area contributed by atoms with Gasteiger partial charge < -0.3 is 14.8 Å². The van der Waals surface area contributed by atoms with Crippen molar-refractivity contribution in [1.29, 1.82) is 0 Å². The van der Waals surface area contributed by atoms with Gasteiger partial charge in [-0.3, -0.25) is 4.79 Å². The molecule has 0 aliphatic rings. The highest BCUT2D eigenvalue weighted by Crippen LogP contribution is 2.29. The molecule has 3 aromatic carbocycles. The normalized spacial score (nSPS) is 10.3. The van der Waals surface area contributed by atoms with Crippen LogP contribution in [0.15, 0.2) is 78.9 Å². The van der Waals surface area contributed by atoms with Gasteiger partial charge in [-0.2, -0.15) is 0 Å². The number of ether oxygens (including phenoxy) is 2. The van der Waals surface area contributed by atoms with Crippen LogP contribution >= 0.6 is 0 Å². The van der Waals surface area contributed by atoms with Crippen molar-refractivity contribution < 1.29 is 14.3 Å². The van der Waals surface area contributed by atoms with Gasteiger partial charge in [-0.05, 0) is 42.3 Å². The van der Waals surface area contributed by atoms with Gasteiger partial charge in [0.1, 0.15) is 12.4 Å². The molecule has 0 aliphatic heterocycles. The van der Waals surface area contributed by atoms with Crippen LogP contribution < -0.4 is 10.1 Å². The molecule has 0 saturated carbocycles. The predicted molar refractivity (Wildman–Crippen MR) is 102 cm³/mol. The van der Waals surface area contributed by atoms with E-state index in [4.69, 9.17) is 9.47 Å². The second kappa shape index (κ2) is 8.83. The van der Waals surface area contributed by atoms with Crippen LogP contribution in [0, 0.1) is 6.92 Å². The van der Waals surface area contributed by atoms with Crippen molar-refractivity contribution in [1.82, 2.24) is 0 Å². The molecule has 1 N–H and O–H groups in total. The molecular formula is C22H21NO3. The molecule has 0 bridgehead atoms. The zero-order chi connectivity index (χ0) is 18.2. The Hall–Kier alpha value is -3.11. The summed E-state index contributed by atoms with van der Waals surface area (Å²) in [7, 11) is 0. The topological polar surface area (TPSA) is 47.6 Å². The highest BCUT2D eigenvalue weighted by atomic mass is 16.5. The molecule has 0 atom stereocenters. The first-order chi connectivity index (χ1) is 12.7. The Labute approximate surface area is 153 Å². The third kappa shape index (κ3) is 5.19. The van der Waals surface area contributed by atoms with Crippen LogP contribution in [-0.4, -0.2) is 12.5 Å². The number of amides is 1. The van der Waals surface area contributed by atoms with E-state index in [-0.39, 0.29) is 12.5 Å². The number of carbonyl (C=O) groups excluding carboxylic acids is 1. The van der Waals surface area contributed by atoms with E-state index in [1.165, 1.54) is 0 Å². The predicted octanol–water partition coefficient (Wildman–Crippen LogP) is 4.94. The number of anilines is 1. The number of benzene rings is 3. The second-order valence-electron chi connectivity index (χ2n) is 5.94. The Kier molecular flexibility index (Phi) is 6.01. The molecule has 4 nitrogen and oxygen atoms in total. The summed E-state index contributed by atoms with van der Waals surface area (Å²) in [5, 5.41) is 2.84. The number of hydrogen-bond donors (Lipinski definition) is 1. The minimum absolute atomic E-state index is 0.0202. The van der Waals surface area contributed by atoms with Crippen molar-refractivity contribution in [2.45, 2.75) is 13.5 Å². The standard InChI is InChI=1S/C22H21NO3/c1-17-8-7-11-19(14-17)26-21-13-6-5-12-20(21)23-22(24)16-25-15-18-9-3-2-4-10-18/h2-14H,15-16H2,1H3,(H,23,24). The van der Waals surface area contributed by atoms with Crippen LogP contribution in [0.5, 0.6) is 11.5 Å². The van der Waals surface area contributed by atoms with E-state index < -0.39 is 0 Å². The first-order valence-electron chi connectivity index (χ1n) is 8.46. The molecule has 0 aromatic heterocycles. The average molecular weight is 347 g/mol. The Morgan fingerprint density at radius 2 is 1.69 bits per heavy atom. The SMILES string of the molecule is Cc1cccc(Oc2ccccc2NC(=O)COCc2ccccc2)c1. The molecule has 132 valence electrons. The molecule has 0 fully saturated rings. The Bertz CT molecular complexity index is 862. The highest BCUT2D eigenvalue weighted by Gasteiger charge is 2.09. The first kappa shape index (κ1) is 17.7. The minimum atomic E-state index is -0.221. The fraction of sp³-hybridized carbons (Fsp3) is 0.136. The summed E-state index contributed by atoms with van der Waals surface area (Å²) in [6, 6.07) is 24.9. The van der Waals surface area contributed by atoms with E-state index >= 15 is 0 Å². The molecule has 0 heterocycles. The lowest BCUT2D eigenvalue weighted by Gasteiger charge is -2.12. The van der Waals surface area contributed by atoms with Crippen LogP contribution in [0.4, 0.5) is 5.69 Å². The molecule has 0 saturated heterocycles. The zero-order valence-corrected chi connectivity index (χ0v) is 14.6. The largest absolute Gasteiger partial charge is 0.455 e. The molecule has 0 radical (unpaired) electrons. The summed E-state index contributed by atoms with van der Waals surface area (Å²) in [5.41, 5.74) is 2.75. The van der Waals surface area contributed by atoms with Gasteiger partial charge >= 0.3 is 0 Å². The molecule has 1 amide bonds. The number of rotatable bonds is 7. The van der Waals surface area contributed by atoms with E-state index in [0.29, 0.717) is 18.0 Å². The lowest BCUT2D eigenvalue weighted by molar-refractivity contribution is -0.121. The maximum atomic E-state index is 12.2. The molecule has 0 spiro atoms. The van der Waals surface area contributed by atoms with Crippen molar-refractivity contribution in [3.05, 3.63) is 90.0 Å². The lowest BCUT2D eigenvalue weighted by Crippen LogP contribution is -2.18. The lowest BCUT2D eigenvalue weighted by atomic mass is 10.2. The number of aryl methyl sites for hydroxylation is 1. The molecule has 3 aromatic rings. The number of hydrogen-bond acceptors (Lipinski definition) is 3. The Morgan fingerprint density at radius 3 is 2.50 bits per heavy atom. The van der Waals surface area contributed by atoms with Crippen molar-refractivity contribution >= 4 is 11.6 Å². The van der Waals surface area contributed by atoms with Gasteiger partial charge in [0.25, 0.3) is 0 Å². The van der Waals surface area contributed by atoms with Crippen molar-refractivity contribution in [2.75, 3.05) is 11.9 Å². The van der Waals surface area contributed by atoms with Crippen LogP contribution in [-0.2, 0) is 16.1 Å². The molecule has 3 rings (SSSR count). The molecule has 0 unspecified atom stereocenters. The van der Waals surface area contributed by atoms with Crippen LogP contribution in [0.3, 0.4) is 0 Å². The van der Waals surface area contributed by atoms with Gasteiger partial charge in [0.15, 0.2) is 5.75 Å². The van der Waals surface area contributed by atoms with Gasteiger partial charge in [-0.15, -0.1) is 0 Å². The van der Waals surface area contributed by atoms with Crippen molar-refractivity contribution in [2.24, 2.45) is 0 Å². The number of carbonyl (C=O) groups is 1. The number of nitrogens with one attached hydrogen (secondary N) is 1. The summed E-state index contributed by atoms with van der Waals surface area (Å²) in [4.78, 5) is 12.2. The van der Waals surface area contributed by atoms with Gasteiger partial charge in [-0.25, -0.2) is 0 Å². The second-order valence-corrected chi connectivity index (χ2v) is 5.94. The maximum absolute atomic E-state index is 12.2. The summed E-state index contributed by atoms with van der Waals surface area (Å²) >= 11 is 0. The van der Waals surface area contributed by atoms with Crippen molar-refractivity contribution in [3.8, 4) is 11.5 Å². The number of para-hydroxylation sites is 2. The molecule has 4 heteroatoms. The molecule has 26 heavy (non-hydrogen) atoms. The average Bonchev–Trinajstić information content (AvgIpc) is 2.64. The van der Waals surface area contributed by atoms with E-state index in [1.807, 2.05) is 79.7 Å². The fourth-order valence-corrected chi connectivity index (χ4v) is 2.49. The van der Waals surface area contributed by atoms with Gasteiger partial charge in [0.2, 0.25) is 5.91 Å². The van der Waals surface area contributed by atoms with Crippen molar-refractivity contribution in [3.63, 3.8) is 0 Å². The van der Waals surface area contributed by atoms with E-state index in [0.717, 1.165) is 16.9 Å². The van der Waals surface area contributed by atoms with Crippen LogP contribution in [0.25, 0.3) is 0 Å². The smallest absolute Gasteiger partial charge is 0.250 e. The van der Waals surface area contributed by atoms with Crippen LogP contribution in [0.2, 0.25) is 0 Å². The fourth-order valence-electron chi connectivity index (χ4n) is 2.49. The van der Waals surface area contributed by atoms with E-state index in [2.05, 4.69) is 5.32 Å². The first-order valence-corrected chi connectivity index (χ1v) is 8.46. The summed E-state index contributed by atoms with van der Waals surface area (Å²) in [6.45, 7) is 2.38. The van der Waals surface area contributed by atoms with Crippen LogP contribution in [0.1, 0.15) is 11.1 Å². The van der Waals surface area contributed by atoms with Gasteiger partial charge in [0, 0.05) is 0 Å². The van der Waals surface area contributed by atoms with Gasteiger partial charge in [0.05, 0.1) is 12.3 Å². The van der Waals surface area contributed by atoms with Gasteiger partial charge in [-0.1, -0.05) is 54.6 Å². The summed E-state index contributed by atoms with van der Waals surface area (Å²) in [6.07, 6.45) is 0. The Morgan fingerprint density at radius 1 is 0.923 bits per heavy atom. The summed E-state index contributed by atoms with van der Waals surface area (Å²) < 4.78 is 11.4. The minimum Gasteiger partial charge on any atom is -0.455 e. The quantitative estimate of drug-likeness (QED) is 0.658.